The van der Waals surface area contributed by atoms with Gasteiger partial charge in [-0.2, -0.15) is 0 Å². The quantitative estimate of drug-likeness (QED) is 0.866. The minimum absolute atomic E-state index is 0.632. The van der Waals surface area contributed by atoms with Gasteiger partial charge in [0.05, 0.1) is 24.2 Å². The lowest BCUT2D eigenvalue weighted by atomic mass is 10.2. The Kier molecular flexibility index (Phi) is 3.67. The number of nitrogen functional groups attached to an aromatic ring is 1. The summed E-state index contributed by atoms with van der Waals surface area (Å²) in [6, 6.07) is 9.69. The highest BCUT2D eigenvalue weighted by Crippen LogP contribution is 2.27. The van der Waals surface area contributed by atoms with E-state index in [2.05, 4.69) is 10.3 Å². The van der Waals surface area contributed by atoms with Crippen molar-refractivity contribution < 1.29 is 4.74 Å². The van der Waals surface area contributed by atoms with Crippen molar-refractivity contribution in [1.82, 2.24) is 4.98 Å². The molecule has 0 amide bonds. The van der Waals surface area contributed by atoms with Crippen molar-refractivity contribution in [3.63, 3.8) is 0 Å². The first-order valence-electron chi connectivity index (χ1n) is 5.91. The molecule has 0 bridgehead atoms. The molecule has 3 N–H and O–H groups in total. The first kappa shape index (κ1) is 12.2. The number of pyridine rings is 1. The minimum Gasteiger partial charge on any atom is -0.492 e. The molecule has 0 aliphatic carbocycles. The van der Waals surface area contributed by atoms with E-state index in [1.165, 1.54) is 0 Å². The molecule has 2 aromatic rings. The summed E-state index contributed by atoms with van der Waals surface area (Å²) in [5, 5.41) is 3.23. The van der Waals surface area contributed by atoms with E-state index >= 15 is 0 Å². The summed E-state index contributed by atoms with van der Waals surface area (Å²) in [5.74, 6) is 1.57. The number of ether oxygens (including phenoxy) is 1. The molecule has 0 radical (unpaired) electrons. The van der Waals surface area contributed by atoms with Crippen LogP contribution in [-0.2, 0) is 0 Å². The number of aromatic nitrogens is 1. The lowest BCUT2D eigenvalue weighted by Crippen LogP contribution is -2.00. The van der Waals surface area contributed by atoms with Gasteiger partial charge in [-0.25, -0.2) is 4.98 Å². The van der Waals surface area contributed by atoms with E-state index in [1.807, 2.05) is 44.2 Å². The van der Waals surface area contributed by atoms with E-state index in [4.69, 9.17) is 10.5 Å². The van der Waals surface area contributed by atoms with E-state index in [9.17, 15) is 0 Å². The second-order valence-electron chi connectivity index (χ2n) is 3.98. The highest BCUT2D eigenvalue weighted by Gasteiger charge is 2.04. The van der Waals surface area contributed by atoms with Gasteiger partial charge < -0.3 is 15.8 Å². The van der Waals surface area contributed by atoms with Crippen LogP contribution in [0.5, 0.6) is 5.75 Å². The molecule has 1 heterocycles. The maximum absolute atomic E-state index is 5.74. The summed E-state index contributed by atoms with van der Waals surface area (Å²) in [4.78, 5) is 4.24. The number of nitrogens with two attached hydrogens (primary N) is 1. The third kappa shape index (κ3) is 2.71. The Morgan fingerprint density at radius 1 is 1.33 bits per heavy atom. The highest BCUT2D eigenvalue weighted by atomic mass is 16.5. The Morgan fingerprint density at radius 3 is 2.83 bits per heavy atom. The molecule has 1 aromatic carbocycles. The van der Waals surface area contributed by atoms with Crippen molar-refractivity contribution in [3.8, 4) is 5.75 Å². The Bertz CT molecular complexity index is 540. The maximum Gasteiger partial charge on any atom is 0.142 e. The standard InChI is InChI=1S/C14H17N3O/c1-3-18-13-7-5-4-6-12(13)17-14-8-10(2)11(15)9-16-14/h4-9H,3,15H2,1-2H3,(H,16,17). The number of hydrogen-bond acceptors (Lipinski definition) is 4. The number of rotatable bonds is 4. The summed E-state index contributed by atoms with van der Waals surface area (Å²) in [6.45, 7) is 4.55. The van der Waals surface area contributed by atoms with Crippen LogP contribution in [0, 0.1) is 6.92 Å². The monoisotopic (exact) mass is 243 g/mol. The van der Waals surface area contributed by atoms with E-state index in [1.54, 1.807) is 6.20 Å². The van der Waals surface area contributed by atoms with Crippen LogP contribution in [0.15, 0.2) is 36.5 Å². The Balaban J connectivity index is 2.25. The smallest absolute Gasteiger partial charge is 0.142 e. The van der Waals surface area contributed by atoms with Crippen molar-refractivity contribution in [2.75, 3.05) is 17.7 Å². The van der Waals surface area contributed by atoms with E-state index < -0.39 is 0 Å². The van der Waals surface area contributed by atoms with Gasteiger partial charge in [-0.05, 0) is 37.6 Å². The van der Waals surface area contributed by atoms with Crippen molar-refractivity contribution >= 4 is 17.2 Å². The van der Waals surface area contributed by atoms with Gasteiger partial charge in [-0.1, -0.05) is 12.1 Å². The molecule has 4 heteroatoms. The van der Waals surface area contributed by atoms with Crippen LogP contribution < -0.4 is 15.8 Å². The Morgan fingerprint density at radius 2 is 2.11 bits per heavy atom. The molecule has 94 valence electrons. The second-order valence-corrected chi connectivity index (χ2v) is 3.98. The average Bonchev–Trinajstić information content (AvgIpc) is 2.37. The van der Waals surface area contributed by atoms with Gasteiger partial charge in [0, 0.05) is 0 Å². The SMILES string of the molecule is CCOc1ccccc1Nc1cc(C)c(N)cn1. The normalized spacial score (nSPS) is 10.1. The van der Waals surface area contributed by atoms with Gasteiger partial charge >= 0.3 is 0 Å². The number of nitrogens with one attached hydrogen (secondary N) is 1. The molecule has 0 unspecified atom stereocenters. The maximum atomic E-state index is 5.74. The summed E-state index contributed by atoms with van der Waals surface area (Å²) in [5.41, 5.74) is 8.34. The van der Waals surface area contributed by atoms with Crippen LogP contribution in [-0.4, -0.2) is 11.6 Å². The van der Waals surface area contributed by atoms with Crippen molar-refractivity contribution in [2.45, 2.75) is 13.8 Å². The third-order valence-corrected chi connectivity index (χ3v) is 2.60. The molecule has 4 nitrogen and oxygen atoms in total. The first-order chi connectivity index (χ1) is 8.70. The second kappa shape index (κ2) is 5.40. The van der Waals surface area contributed by atoms with Gasteiger partial charge in [-0.3, -0.25) is 0 Å². The van der Waals surface area contributed by atoms with E-state index in [0.29, 0.717) is 12.3 Å². The summed E-state index contributed by atoms with van der Waals surface area (Å²) in [7, 11) is 0. The minimum atomic E-state index is 0.632. The molecule has 0 atom stereocenters. The molecular formula is C14H17N3O. The van der Waals surface area contributed by atoms with Crippen LogP contribution in [0.3, 0.4) is 0 Å². The highest BCUT2D eigenvalue weighted by molar-refractivity contribution is 5.65. The predicted molar refractivity (Wildman–Crippen MR) is 74.3 cm³/mol. The number of para-hydroxylation sites is 2. The van der Waals surface area contributed by atoms with Crippen molar-refractivity contribution in [2.24, 2.45) is 0 Å². The van der Waals surface area contributed by atoms with Crippen molar-refractivity contribution in [1.29, 1.82) is 0 Å². The van der Waals surface area contributed by atoms with Crippen LogP contribution in [0.1, 0.15) is 12.5 Å². The number of hydrogen-bond donors (Lipinski definition) is 2. The molecule has 0 saturated heterocycles. The lowest BCUT2D eigenvalue weighted by molar-refractivity contribution is 0.342. The fourth-order valence-electron chi connectivity index (χ4n) is 1.62. The molecule has 0 aliphatic heterocycles. The zero-order valence-corrected chi connectivity index (χ0v) is 10.6. The number of benzene rings is 1. The largest absolute Gasteiger partial charge is 0.492 e. The molecule has 1 aromatic heterocycles. The van der Waals surface area contributed by atoms with Crippen LogP contribution >= 0.6 is 0 Å². The van der Waals surface area contributed by atoms with Gasteiger partial charge in [0.1, 0.15) is 11.6 Å². The lowest BCUT2D eigenvalue weighted by Gasteiger charge is -2.12. The van der Waals surface area contributed by atoms with Crippen LogP contribution in [0.4, 0.5) is 17.2 Å². The Labute approximate surface area is 107 Å². The first-order valence-corrected chi connectivity index (χ1v) is 5.91. The molecule has 0 spiro atoms. The number of aryl methyl sites for hydroxylation is 1. The molecule has 0 saturated carbocycles. The molecular weight excluding hydrogens is 226 g/mol. The summed E-state index contributed by atoms with van der Waals surface area (Å²) < 4.78 is 5.55. The molecule has 18 heavy (non-hydrogen) atoms. The van der Waals surface area contributed by atoms with Gasteiger partial charge in [0.15, 0.2) is 0 Å². The van der Waals surface area contributed by atoms with Crippen LogP contribution in [0.25, 0.3) is 0 Å². The Hall–Kier alpha value is -2.23. The summed E-state index contributed by atoms with van der Waals surface area (Å²) in [6.07, 6.45) is 1.65. The van der Waals surface area contributed by atoms with Gasteiger partial charge in [0.2, 0.25) is 0 Å². The van der Waals surface area contributed by atoms with E-state index in [0.717, 1.165) is 22.8 Å². The number of nitrogens with zero attached hydrogens (tertiary/aromatic N) is 1. The van der Waals surface area contributed by atoms with Crippen LogP contribution in [0.2, 0.25) is 0 Å². The fourth-order valence-corrected chi connectivity index (χ4v) is 1.62. The molecule has 0 aliphatic rings. The molecule has 0 fully saturated rings. The summed E-state index contributed by atoms with van der Waals surface area (Å²) >= 11 is 0. The average molecular weight is 243 g/mol. The predicted octanol–water partition coefficient (Wildman–Crippen LogP) is 3.11. The van der Waals surface area contributed by atoms with Gasteiger partial charge in [-0.15, -0.1) is 0 Å². The zero-order chi connectivity index (χ0) is 13.0. The third-order valence-electron chi connectivity index (χ3n) is 2.60. The van der Waals surface area contributed by atoms with E-state index in [-0.39, 0.29) is 0 Å². The topological polar surface area (TPSA) is 60.2 Å². The van der Waals surface area contributed by atoms with Crippen molar-refractivity contribution in [3.05, 3.63) is 42.1 Å². The fraction of sp³-hybridized carbons (Fsp3) is 0.214. The molecule has 2 rings (SSSR count). The van der Waals surface area contributed by atoms with Gasteiger partial charge in [0.25, 0.3) is 0 Å². The zero-order valence-electron chi connectivity index (χ0n) is 10.6. The number of anilines is 3.